The normalized spacial score (nSPS) is 9.92. The van der Waals surface area contributed by atoms with E-state index in [-0.39, 0.29) is 0 Å². The molecule has 0 atom stereocenters. The van der Waals surface area contributed by atoms with E-state index in [1.807, 2.05) is 24.3 Å². The molecular weight excluding hydrogens is 164 g/mol. The van der Waals surface area contributed by atoms with Crippen LogP contribution in [0.5, 0.6) is 0 Å². The van der Waals surface area contributed by atoms with Gasteiger partial charge in [-0.2, -0.15) is 5.26 Å². The molecule has 0 aliphatic carbocycles. The van der Waals surface area contributed by atoms with Crippen LogP contribution in [0, 0.1) is 11.3 Å². The van der Waals surface area contributed by atoms with Crippen molar-refractivity contribution in [2.75, 3.05) is 0 Å². The monoisotopic (exact) mass is 170 g/mol. The Morgan fingerprint density at radius 3 is 2.69 bits per heavy atom. The third-order valence-corrected chi connectivity index (χ3v) is 1.44. The number of nitriles is 1. The molecule has 1 aromatic carbocycles. The SMILES string of the molecule is N#C/C(=C/N=[N+]=[N-])c1ccccc1. The molecular formula is C9H6N4. The molecule has 0 aliphatic rings. The highest BCUT2D eigenvalue weighted by Crippen LogP contribution is 2.12. The Bertz CT molecular complexity index is 393. The Morgan fingerprint density at radius 1 is 1.46 bits per heavy atom. The van der Waals surface area contributed by atoms with E-state index < -0.39 is 0 Å². The second-order valence-corrected chi connectivity index (χ2v) is 2.23. The number of hydrogen-bond donors (Lipinski definition) is 0. The second kappa shape index (κ2) is 4.60. The Labute approximate surface area is 75.4 Å². The smallest absolute Gasteiger partial charge is 0.0996 e. The number of nitrogens with zero attached hydrogens (tertiary/aromatic N) is 4. The number of rotatable bonds is 2. The summed E-state index contributed by atoms with van der Waals surface area (Å²) in [6, 6.07) is 11.0. The topological polar surface area (TPSA) is 72.5 Å². The fraction of sp³-hybridized carbons (Fsp3) is 0. The minimum Gasteiger partial charge on any atom is -0.192 e. The van der Waals surface area contributed by atoms with Crippen molar-refractivity contribution in [1.29, 1.82) is 5.26 Å². The van der Waals surface area contributed by atoms with Gasteiger partial charge in [0, 0.05) is 11.1 Å². The van der Waals surface area contributed by atoms with Crippen LogP contribution < -0.4 is 0 Å². The first kappa shape index (κ1) is 8.85. The Kier molecular flexibility index (Phi) is 3.13. The lowest BCUT2D eigenvalue weighted by molar-refractivity contribution is 1.47. The number of azide groups is 1. The van der Waals surface area contributed by atoms with Gasteiger partial charge in [0.15, 0.2) is 0 Å². The fourth-order valence-electron chi connectivity index (χ4n) is 0.869. The molecule has 0 N–H and O–H groups in total. The van der Waals surface area contributed by atoms with Gasteiger partial charge in [-0.3, -0.25) is 0 Å². The van der Waals surface area contributed by atoms with Crippen molar-refractivity contribution in [3.05, 3.63) is 52.5 Å². The first-order valence-electron chi connectivity index (χ1n) is 3.58. The van der Waals surface area contributed by atoms with Crippen LogP contribution in [-0.4, -0.2) is 0 Å². The third-order valence-electron chi connectivity index (χ3n) is 1.44. The molecule has 0 bridgehead atoms. The zero-order valence-electron chi connectivity index (χ0n) is 6.75. The molecule has 4 nitrogen and oxygen atoms in total. The van der Waals surface area contributed by atoms with E-state index in [2.05, 4.69) is 10.0 Å². The van der Waals surface area contributed by atoms with Gasteiger partial charge in [0.25, 0.3) is 0 Å². The molecule has 0 aromatic heterocycles. The van der Waals surface area contributed by atoms with Crippen LogP contribution in [0.25, 0.3) is 16.0 Å². The average Bonchev–Trinajstić information content (AvgIpc) is 2.21. The lowest BCUT2D eigenvalue weighted by Crippen LogP contribution is -1.78. The van der Waals surface area contributed by atoms with Crippen molar-refractivity contribution < 1.29 is 0 Å². The van der Waals surface area contributed by atoms with Crippen LogP contribution in [0.3, 0.4) is 0 Å². The van der Waals surface area contributed by atoms with E-state index in [9.17, 15) is 0 Å². The predicted molar refractivity (Wildman–Crippen MR) is 49.2 cm³/mol. The van der Waals surface area contributed by atoms with Crippen molar-refractivity contribution in [3.63, 3.8) is 0 Å². The summed E-state index contributed by atoms with van der Waals surface area (Å²) in [5.74, 6) is 0. The highest BCUT2D eigenvalue weighted by Gasteiger charge is 1.96. The van der Waals surface area contributed by atoms with Crippen LogP contribution >= 0.6 is 0 Å². The quantitative estimate of drug-likeness (QED) is 0.291. The zero-order valence-corrected chi connectivity index (χ0v) is 6.75. The summed E-state index contributed by atoms with van der Waals surface area (Å²) in [5.41, 5.74) is 9.17. The zero-order chi connectivity index (χ0) is 9.52. The van der Waals surface area contributed by atoms with Gasteiger partial charge in [-0.25, -0.2) is 0 Å². The number of benzene rings is 1. The average molecular weight is 170 g/mol. The third kappa shape index (κ3) is 2.37. The summed E-state index contributed by atoms with van der Waals surface area (Å²) in [4.78, 5) is 2.55. The molecule has 1 aromatic rings. The van der Waals surface area contributed by atoms with Gasteiger partial charge in [0.05, 0.1) is 11.6 Å². The molecule has 1 rings (SSSR count). The molecule has 0 unspecified atom stereocenters. The largest absolute Gasteiger partial charge is 0.192 e. The molecule has 0 heterocycles. The Hall–Kier alpha value is -2.24. The lowest BCUT2D eigenvalue weighted by atomic mass is 10.1. The highest BCUT2D eigenvalue weighted by atomic mass is 15.1. The van der Waals surface area contributed by atoms with E-state index >= 15 is 0 Å². The highest BCUT2D eigenvalue weighted by molar-refractivity contribution is 5.76. The lowest BCUT2D eigenvalue weighted by Gasteiger charge is -1.94. The van der Waals surface area contributed by atoms with Gasteiger partial charge in [-0.15, -0.1) is 0 Å². The van der Waals surface area contributed by atoms with Crippen molar-refractivity contribution in [1.82, 2.24) is 0 Å². The van der Waals surface area contributed by atoms with Crippen LogP contribution in [-0.2, 0) is 0 Å². The second-order valence-electron chi connectivity index (χ2n) is 2.23. The summed E-state index contributed by atoms with van der Waals surface area (Å²) < 4.78 is 0. The standard InChI is InChI=1S/C9H6N4/c10-6-9(7-12-13-11)8-4-2-1-3-5-8/h1-5,7H/b9-7-. The van der Waals surface area contributed by atoms with Gasteiger partial charge < -0.3 is 0 Å². The molecule has 62 valence electrons. The first-order valence-corrected chi connectivity index (χ1v) is 3.58. The fourth-order valence-corrected chi connectivity index (χ4v) is 0.869. The first-order chi connectivity index (χ1) is 6.38. The Balaban J connectivity index is 3.07. The summed E-state index contributed by atoms with van der Waals surface area (Å²) >= 11 is 0. The van der Waals surface area contributed by atoms with Gasteiger partial charge in [-0.1, -0.05) is 35.4 Å². The van der Waals surface area contributed by atoms with Gasteiger partial charge >= 0.3 is 0 Å². The van der Waals surface area contributed by atoms with Gasteiger partial charge in [0.2, 0.25) is 0 Å². The summed E-state index contributed by atoms with van der Waals surface area (Å²) in [5, 5.41) is 11.9. The molecule has 0 amide bonds. The summed E-state index contributed by atoms with van der Waals surface area (Å²) in [6.45, 7) is 0. The predicted octanol–water partition coefficient (Wildman–Crippen LogP) is 2.86. The van der Waals surface area contributed by atoms with E-state index in [0.29, 0.717) is 5.57 Å². The van der Waals surface area contributed by atoms with E-state index in [1.165, 1.54) is 6.20 Å². The molecule has 0 radical (unpaired) electrons. The molecule has 0 saturated carbocycles. The van der Waals surface area contributed by atoms with Gasteiger partial charge in [-0.05, 0) is 11.1 Å². The minimum atomic E-state index is 0.360. The van der Waals surface area contributed by atoms with Crippen LogP contribution in [0.2, 0.25) is 0 Å². The number of hydrogen-bond acceptors (Lipinski definition) is 2. The maximum Gasteiger partial charge on any atom is 0.0996 e. The van der Waals surface area contributed by atoms with Crippen molar-refractivity contribution in [2.24, 2.45) is 5.11 Å². The van der Waals surface area contributed by atoms with Crippen LogP contribution in [0.1, 0.15) is 5.56 Å². The molecule has 0 fully saturated rings. The molecule has 4 heteroatoms. The molecule has 0 aliphatic heterocycles. The van der Waals surface area contributed by atoms with Crippen molar-refractivity contribution in [3.8, 4) is 6.07 Å². The number of allylic oxidation sites excluding steroid dienone is 1. The minimum absolute atomic E-state index is 0.360. The van der Waals surface area contributed by atoms with Crippen LogP contribution in [0.4, 0.5) is 0 Å². The van der Waals surface area contributed by atoms with E-state index in [4.69, 9.17) is 10.8 Å². The summed E-state index contributed by atoms with van der Waals surface area (Å²) in [7, 11) is 0. The molecule has 0 saturated heterocycles. The van der Waals surface area contributed by atoms with Crippen molar-refractivity contribution >= 4 is 5.57 Å². The maximum atomic E-state index is 8.70. The van der Waals surface area contributed by atoms with E-state index in [0.717, 1.165) is 5.56 Å². The Morgan fingerprint density at radius 2 is 2.15 bits per heavy atom. The van der Waals surface area contributed by atoms with E-state index in [1.54, 1.807) is 12.1 Å². The van der Waals surface area contributed by atoms with Crippen LogP contribution in [0.15, 0.2) is 41.6 Å². The maximum absolute atomic E-state index is 8.70. The molecule has 13 heavy (non-hydrogen) atoms. The van der Waals surface area contributed by atoms with Gasteiger partial charge in [0.1, 0.15) is 0 Å². The summed E-state index contributed by atoms with van der Waals surface area (Å²) in [6.07, 6.45) is 1.20. The van der Waals surface area contributed by atoms with Crippen molar-refractivity contribution in [2.45, 2.75) is 0 Å². The molecule has 0 spiro atoms.